The quantitative estimate of drug-likeness (QED) is 0.231. The molecule has 3 N–H and O–H groups in total. The first kappa shape index (κ1) is 31.6. The molecule has 3 rings (SSSR count). The van der Waals surface area contributed by atoms with E-state index in [0.717, 1.165) is 35.6 Å². The zero-order chi connectivity index (χ0) is 30.0. The Bertz CT molecular complexity index is 1330. The second-order valence-electron chi connectivity index (χ2n) is 11.3. The molecule has 41 heavy (non-hydrogen) atoms. The minimum Gasteiger partial charge on any atom is -0.444 e. The number of ether oxygens (including phenoxy) is 1. The minimum absolute atomic E-state index is 0.273. The summed E-state index contributed by atoms with van der Waals surface area (Å²) < 4.78 is 5.32. The van der Waals surface area contributed by atoms with Gasteiger partial charge in [-0.05, 0) is 62.6 Å². The first-order valence-electron chi connectivity index (χ1n) is 14.3. The van der Waals surface area contributed by atoms with Crippen molar-refractivity contribution in [2.45, 2.75) is 78.0 Å². The Morgan fingerprint density at radius 3 is 2.32 bits per heavy atom. The predicted molar refractivity (Wildman–Crippen MR) is 163 cm³/mol. The van der Waals surface area contributed by atoms with Crippen LogP contribution in [0.3, 0.4) is 0 Å². The summed E-state index contributed by atoms with van der Waals surface area (Å²) in [5, 5.41) is 17.7. The topological polar surface area (TPSA) is 108 Å². The van der Waals surface area contributed by atoms with Crippen molar-refractivity contribution in [2.24, 2.45) is 0 Å². The van der Waals surface area contributed by atoms with E-state index in [1.165, 1.54) is 4.90 Å². The molecule has 0 heterocycles. The summed E-state index contributed by atoms with van der Waals surface area (Å²) >= 11 is 0. The average Bonchev–Trinajstić information content (AvgIpc) is 2.92. The molecule has 0 aliphatic rings. The standard InChI is InChI=1S/C33H43N3O5/c1-6-7-8-11-19-36(31(39)28(22-37)35-32(40)41-33(3,4)5)29(26-16-12-13-23(2)20-26)30(38)34-27-18-17-24-14-9-10-15-25(24)21-27/h9-10,12-18,20-21,28-29,37H,6-8,11,19,22H2,1-5H3,(H,34,38)(H,35,40). The van der Waals surface area contributed by atoms with Crippen molar-refractivity contribution in [3.63, 3.8) is 0 Å². The maximum absolute atomic E-state index is 14.0. The van der Waals surface area contributed by atoms with E-state index in [9.17, 15) is 19.5 Å². The largest absolute Gasteiger partial charge is 0.444 e. The summed E-state index contributed by atoms with van der Waals surface area (Å²) in [6.07, 6.45) is 2.71. The van der Waals surface area contributed by atoms with Gasteiger partial charge in [-0.3, -0.25) is 9.59 Å². The van der Waals surface area contributed by atoms with Crippen molar-refractivity contribution in [3.8, 4) is 0 Å². The number of hydrogen-bond donors (Lipinski definition) is 3. The van der Waals surface area contributed by atoms with Crippen LogP contribution in [0.5, 0.6) is 0 Å². The fourth-order valence-corrected chi connectivity index (χ4v) is 4.70. The van der Waals surface area contributed by atoms with Gasteiger partial charge in [0.15, 0.2) is 0 Å². The Morgan fingerprint density at radius 1 is 0.927 bits per heavy atom. The van der Waals surface area contributed by atoms with Crippen LogP contribution in [0.15, 0.2) is 66.7 Å². The van der Waals surface area contributed by atoms with Crippen LogP contribution in [0.25, 0.3) is 10.8 Å². The van der Waals surface area contributed by atoms with E-state index in [4.69, 9.17) is 4.74 Å². The molecule has 0 aliphatic carbocycles. The molecule has 3 aromatic rings. The summed E-state index contributed by atoms with van der Waals surface area (Å²) in [5.41, 5.74) is 1.41. The highest BCUT2D eigenvalue weighted by molar-refractivity contribution is 6.00. The van der Waals surface area contributed by atoms with Crippen LogP contribution in [-0.4, -0.2) is 52.7 Å². The van der Waals surface area contributed by atoms with Crippen LogP contribution in [-0.2, 0) is 14.3 Å². The van der Waals surface area contributed by atoms with E-state index >= 15 is 0 Å². The third-order valence-electron chi connectivity index (χ3n) is 6.64. The van der Waals surface area contributed by atoms with Gasteiger partial charge in [-0.1, -0.05) is 86.3 Å². The van der Waals surface area contributed by atoms with Gasteiger partial charge in [-0.15, -0.1) is 0 Å². The highest BCUT2D eigenvalue weighted by atomic mass is 16.6. The highest BCUT2D eigenvalue weighted by Gasteiger charge is 2.36. The summed E-state index contributed by atoms with van der Waals surface area (Å²) in [5.74, 6) is -0.946. The number of aliphatic hydroxyl groups excluding tert-OH is 1. The summed E-state index contributed by atoms with van der Waals surface area (Å²) in [6.45, 7) is 8.80. The number of nitrogens with zero attached hydrogens (tertiary/aromatic N) is 1. The van der Waals surface area contributed by atoms with E-state index < -0.39 is 36.3 Å². The second kappa shape index (κ2) is 14.6. The number of carbonyl (C=O) groups is 3. The molecule has 8 heteroatoms. The normalized spacial score (nSPS) is 12.8. The fraction of sp³-hybridized carbons (Fsp3) is 0.424. The van der Waals surface area contributed by atoms with Crippen LogP contribution in [0.2, 0.25) is 0 Å². The Labute approximate surface area is 243 Å². The Kier molecular flexibility index (Phi) is 11.3. The number of rotatable bonds is 12. The van der Waals surface area contributed by atoms with Gasteiger partial charge < -0.3 is 25.4 Å². The highest BCUT2D eigenvalue weighted by Crippen LogP contribution is 2.27. The van der Waals surface area contributed by atoms with Crippen LogP contribution in [0.1, 0.15) is 70.5 Å². The van der Waals surface area contributed by atoms with Crippen molar-refractivity contribution < 1.29 is 24.2 Å². The molecule has 8 nitrogen and oxygen atoms in total. The van der Waals surface area contributed by atoms with Gasteiger partial charge in [0.05, 0.1) is 6.61 Å². The summed E-state index contributed by atoms with van der Waals surface area (Å²) in [7, 11) is 0. The van der Waals surface area contributed by atoms with E-state index in [1.54, 1.807) is 20.8 Å². The second-order valence-corrected chi connectivity index (χ2v) is 11.3. The minimum atomic E-state index is -1.28. The number of benzene rings is 3. The van der Waals surface area contributed by atoms with Gasteiger partial charge in [-0.25, -0.2) is 4.79 Å². The summed E-state index contributed by atoms with van der Waals surface area (Å²) in [4.78, 5) is 42.0. The van der Waals surface area contributed by atoms with Gasteiger partial charge in [-0.2, -0.15) is 0 Å². The van der Waals surface area contributed by atoms with E-state index in [1.807, 2.05) is 73.7 Å². The molecule has 0 spiro atoms. The smallest absolute Gasteiger partial charge is 0.408 e. The lowest BCUT2D eigenvalue weighted by molar-refractivity contribution is -0.141. The van der Waals surface area contributed by atoms with Crippen molar-refractivity contribution >= 4 is 34.4 Å². The number of anilines is 1. The Hall–Kier alpha value is -3.91. The number of unbranched alkanes of at least 4 members (excludes halogenated alkanes) is 3. The molecule has 3 aromatic carbocycles. The molecule has 0 aliphatic heterocycles. The van der Waals surface area contributed by atoms with Crippen LogP contribution >= 0.6 is 0 Å². The van der Waals surface area contributed by atoms with Crippen molar-refractivity contribution in [2.75, 3.05) is 18.5 Å². The molecule has 0 fully saturated rings. The number of hydrogen-bond acceptors (Lipinski definition) is 5. The Morgan fingerprint density at radius 2 is 1.66 bits per heavy atom. The van der Waals surface area contributed by atoms with Crippen molar-refractivity contribution in [3.05, 3.63) is 77.9 Å². The third kappa shape index (κ3) is 9.32. The third-order valence-corrected chi connectivity index (χ3v) is 6.64. The number of alkyl carbamates (subject to hydrolysis) is 1. The monoisotopic (exact) mass is 561 g/mol. The first-order chi connectivity index (χ1) is 19.5. The number of amides is 3. The molecule has 3 amide bonds. The Balaban J connectivity index is 1.98. The number of carbonyl (C=O) groups excluding carboxylic acids is 3. The van der Waals surface area contributed by atoms with E-state index in [0.29, 0.717) is 17.7 Å². The molecule has 220 valence electrons. The zero-order valence-electron chi connectivity index (χ0n) is 24.8. The summed E-state index contributed by atoms with van der Waals surface area (Å²) in [6, 6.07) is 18.7. The first-order valence-corrected chi connectivity index (χ1v) is 14.3. The molecule has 0 aromatic heterocycles. The molecule has 0 saturated heterocycles. The maximum Gasteiger partial charge on any atom is 0.408 e. The molecule has 2 unspecified atom stereocenters. The zero-order valence-corrected chi connectivity index (χ0v) is 24.8. The maximum atomic E-state index is 14.0. The van der Waals surface area contributed by atoms with Gasteiger partial charge in [0, 0.05) is 12.2 Å². The number of fused-ring (bicyclic) bond motifs is 1. The lowest BCUT2D eigenvalue weighted by Crippen LogP contribution is -2.54. The molecule has 0 saturated carbocycles. The molecular weight excluding hydrogens is 518 g/mol. The van der Waals surface area contributed by atoms with Crippen LogP contribution in [0.4, 0.5) is 10.5 Å². The lowest BCUT2D eigenvalue weighted by Gasteiger charge is -2.34. The SMILES string of the molecule is CCCCCCN(C(=O)C(CO)NC(=O)OC(C)(C)C)C(C(=O)Nc1ccc2ccccc2c1)c1cccc(C)c1. The van der Waals surface area contributed by atoms with E-state index in [2.05, 4.69) is 17.6 Å². The number of aryl methyl sites for hydroxylation is 1. The molecular formula is C33H43N3O5. The fourth-order valence-electron chi connectivity index (χ4n) is 4.70. The van der Waals surface area contributed by atoms with E-state index in [-0.39, 0.29) is 12.5 Å². The predicted octanol–water partition coefficient (Wildman–Crippen LogP) is 6.12. The number of aliphatic hydroxyl groups is 1. The lowest BCUT2D eigenvalue weighted by atomic mass is 10.00. The average molecular weight is 562 g/mol. The molecule has 0 radical (unpaired) electrons. The van der Waals surface area contributed by atoms with Gasteiger partial charge in [0.25, 0.3) is 5.91 Å². The van der Waals surface area contributed by atoms with Gasteiger partial charge in [0.2, 0.25) is 5.91 Å². The van der Waals surface area contributed by atoms with Gasteiger partial charge >= 0.3 is 6.09 Å². The molecule has 2 atom stereocenters. The number of nitrogens with one attached hydrogen (secondary N) is 2. The van der Waals surface area contributed by atoms with Crippen LogP contribution < -0.4 is 10.6 Å². The molecule has 0 bridgehead atoms. The van der Waals surface area contributed by atoms with Gasteiger partial charge in [0.1, 0.15) is 17.7 Å². The van der Waals surface area contributed by atoms with Crippen molar-refractivity contribution in [1.82, 2.24) is 10.2 Å². The van der Waals surface area contributed by atoms with Crippen molar-refractivity contribution in [1.29, 1.82) is 0 Å². The van der Waals surface area contributed by atoms with Crippen LogP contribution in [0, 0.1) is 6.92 Å².